The third kappa shape index (κ3) is 4.70. The van der Waals surface area contributed by atoms with Crippen LogP contribution in [0.15, 0.2) is 54.6 Å². The molecule has 1 heterocycles. The van der Waals surface area contributed by atoms with Gasteiger partial charge in [-0.25, -0.2) is 0 Å². The quantitative estimate of drug-likeness (QED) is 0.897. The predicted molar refractivity (Wildman–Crippen MR) is 102 cm³/mol. The molecular formula is C21H25N3O2. The zero-order valence-electron chi connectivity index (χ0n) is 15.1. The summed E-state index contributed by atoms with van der Waals surface area (Å²) in [5.41, 5.74) is 3.21. The fraction of sp³-hybridized carbons (Fsp3) is 0.333. The number of hydrogen-bond donors (Lipinski definition) is 1. The third-order valence-electron chi connectivity index (χ3n) is 4.82. The number of aryl methyl sites for hydroxylation is 1. The van der Waals surface area contributed by atoms with Crippen LogP contribution >= 0.6 is 0 Å². The van der Waals surface area contributed by atoms with Crippen molar-refractivity contribution in [1.29, 1.82) is 0 Å². The average molecular weight is 351 g/mol. The molecule has 2 amide bonds. The number of carbonyl (C=O) groups is 2. The molecule has 136 valence electrons. The van der Waals surface area contributed by atoms with Gasteiger partial charge in [0, 0.05) is 38.3 Å². The Morgan fingerprint density at radius 1 is 0.923 bits per heavy atom. The van der Waals surface area contributed by atoms with Gasteiger partial charge in [0.15, 0.2) is 0 Å². The zero-order valence-corrected chi connectivity index (χ0v) is 15.1. The largest absolute Gasteiger partial charge is 0.343 e. The number of nitrogens with zero attached hydrogens (tertiary/aromatic N) is 2. The third-order valence-corrected chi connectivity index (χ3v) is 4.82. The molecule has 2 aromatic carbocycles. The van der Waals surface area contributed by atoms with Crippen molar-refractivity contribution in [2.24, 2.45) is 0 Å². The van der Waals surface area contributed by atoms with E-state index in [1.165, 1.54) is 11.1 Å². The van der Waals surface area contributed by atoms with E-state index in [4.69, 9.17) is 0 Å². The maximum atomic E-state index is 12.3. The van der Waals surface area contributed by atoms with E-state index in [1.54, 1.807) is 12.1 Å². The molecule has 1 N–H and O–H groups in total. The summed E-state index contributed by atoms with van der Waals surface area (Å²) in [4.78, 5) is 28.6. The van der Waals surface area contributed by atoms with Gasteiger partial charge in [0.2, 0.25) is 5.91 Å². The van der Waals surface area contributed by atoms with Crippen molar-refractivity contribution in [3.63, 3.8) is 0 Å². The van der Waals surface area contributed by atoms with E-state index >= 15 is 0 Å². The van der Waals surface area contributed by atoms with Crippen LogP contribution in [0.3, 0.4) is 0 Å². The van der Waals surface area contributed by atoms with Crippen LogP contribution in [0.4, 0.5) is 0 Å². The molecule has 0 radical (unpaired) electrons. The lowest BCUT2D eigenvalue weighted by Gasteiger charge is -2.35. The Hall–Kier alpha value is -2.66. The second-order valence-electron chi connectivity index (χ2n) is 6.63. The molecule has 0 spiro atoms. The van der Waals surface area contributed by atoms with E-state index in [2.05, 4.69) is 41.4 Å². The van der Waals surface area contributed by atoms with Crippen LogP contribution in [0, 0.1) is 6.92 Å². The van der Waals surface area contributed by atoms with Crippen LogP contribution in [0.5, 0.6) is 0 Å². The number of rotatable bonds is 5. The summed E-state index contributed by atoms with van der Waals surface area (Å²) >= 11 is 0. The van der Waals surface area contributed by atoms with Crippen LogP contribution < -0.4 is 5.32 Å². The van der Waals surface area contributed by atoms with Crippen LogP contribution in [-0.4, -0.2) is 54.3 Å². The Balaban J connectivity index is 1.43. The van der Waals surface area contributed by atoms with E-state index in [9.17, 15) is 9.59 Å². The zero-order chi connectivity index (χ0) is 18.4. The maximum Gasteiger partial charge on any atom is 0.251 e. The van der Waals surface area contributed by atoms with Crippen molar-refractivity contribution in [3.05, 3.63) is 71.3 Å². The summed E-state index contributed by atoms with van der Waals surface area (Å²) in [5, 5.41) is 2.71. The Kier molecular flexibility index (Phi) is 6.02. The van der Waals surface area contributed by atoms with Crippen LogP contribution in [0.1, 0.15) is 21.5 Å². The van der Waals surface area contributed by atoms with Crippen molar-refractivity contribution >= 4 is 11.8 Å². The molecule has 1 saturated heterocycles. The first-order valence-corrected chi connectivity index (χ1v) is 9.01. The van der Waals surface area contributed by atoms with Crippen molar-refractivity contribution in [1.82, 2.24) is 15.1 Å². The minimum Gasteiger partial charge on any atom is -0.343 e. The van der Waals surface area contributed by atoms with Crippen molar-refractivity contribution in [2.45, 2.75) is 13.5 Å². The fourth-order valence-electron chi connectivity index (χ4n) is 3.14. The Bertz CT molecular complexity index is 753. The molecule has 1 aliphatic rings. The summed E-state index contributed by atoms with van der Waals surface area (Å²) in [7, 11) is 0. The normalized spacial score (nSPS) is 14.9. The number of piperazine rings is 1. The van der Waals surface area contributed by atoms with Gasteiger partial charge in [-0.15, -0.1) is 0 Å². The van der Waals surface area contributed by atoms with Crippen LogP contribution in [-0.2, 0) is 11.3 Å². The summed E-state index contributed by atoms with van der Waals surface area (Å²) in [6, 6.07) is 17.4. The highest BCUT2D eigenvalue weighted by Crippen LogP contribution is 2.12. The van der Waals surface area contributed by atoms with Gasteiger partial charge in [0.25, 0.3) is 5.91 Å². The maximum absolute atomic E-state index is 12.3. The first-order chi connectivity index (χ1) is 12.6. The Labute approximate surface area is 154 Å². The minimum atomic E-state index is -0.211. The predicted octanol–water partition coefficient (Wildman–Crippen LogP) is 2.07. The van der Waals surface area contributed by atoms with Crippen molar-refractivity contribution < 1.29 is 9.59 Å². The van der Waals surface area contributed by atoms with Gasteiger partial charge in [-0.1, -0.05) is 42.5 Å². The molecule has 5 heteroatoms. The molecule has 1 aliphatic heterocycles. The standard InChI is InChI=1S/C21H25N3O2/c1-17-7-5-6-10-19(17)16-23-11-13-24(14-12-23)20(25)15-22-21(26)18-8-3-2-4-9-18/h2-10H,11-16H2,1H3,(H,22,26). The minimum absolute atomic E-state index is 0.0233. The van der Waals surface area contributed by atoms with Crippen LogP contribution in [0.2, 0.25) is 0 Å². The first-order valence-electron chi connectivity index (χ1n) is 9.01. The van der Waals surface area contributed by atoms with Gasteiger partial charge in [-0.3, -0.25) is 14.5 Å². The highest BCUT2D eigenvalue weighted by atomic mass is 16.2. The molecule has 0 bridgehead atoms. The molecule has 3 rings (SSSR count). The molecule has 0 unspecified atom stereocenters. The average Bonchev–Trinajstić information content (AvgIpc) is 2.69. The van der Waals surface area contributed by atoms with E-state index in [1.807, 2.05) is 23.1 Å². The topological polar surface area (TPSA) is 52.6 Å². The van der Waals surface area contributed by atoms with Gasteiger partial charge in [0.05, 0.1) is 6.54 Å². The van der Waals surface area contributed by atoms with Gasteiger partial charge in [-0.05, 0) is 30.2 Å². The monoisotopic (exact) mass is 351 g/mol. The molecular weight excluding hydrogens is 326 g/mol. The van der Waals surface area contributed by atoms with E-state index in [0.29, 0.717) is 18.7 Å². The van der Waals surface area contributed by atoms with E-state index in [-0.39, 0.29) is 18.4 Å². The van der Waals surface area contributed by atoms with E-state index in [0.717, 1.165) is 19.6 Å². The lowest BCUT2D eigenvalue weighted by molar-refractivity contribution is -0.131. The number of nitrogens with one attached hydrogen (secondary N) is 1. The molecule has 0 aliphatic carbocycles. The van der Waals surface area contributed by atoms with Gasteiger partial charge >= 0.3 is 0 Å². The van der Waals surface area contributed by atoms with Crippen LogP contribution in [0.25, 0.3) is 0 Å². The first kappa shape index (κ1) is 18.1. The second-order valence-corrected chi connectivity index (χ2v) is 6.63. The lowest BCUT2D eigenvalue weighted by Crippen LogP contribution is -2.50. The van der Waals surface area contributed by atoms with Gasteiger partial charge in [-0.2, -0.15) is 0 Å². The highest BCUT2D eigenvalue weighted by molar-refractivity contribution is 5.96. The molecule has 5 nitrogen and oxygen atoms in total. The number of amides is 2. The van der Waals surface area contributed by atoms with Gasteiger partial charge < -0.3 is 10.2 Å². The smallest absolute Gasteiger partial charge is 0.251 e. The van der Waals surface area contributed by atoms with Crippen molar-refractivity contribution in [2.75, 3.05) is 32.7 Å². The molecule has 26 heavy (non-hydrogen) atoms. The second kappa shape index (κ2) is 8.63. The summed E-state index contributed by atoms with van der Waals surface area (Å²) in [6.45, 7) is 6.20. The number of hydrogen-bond acceptors (Lipinski definition) is 3. The molecule has 0 atom stereocenters. The molecule has 2 aromatic rings. The molecule has 0 saturated carbocycles. The number of carbonyl (C=O) groups excluding carboxylic acids is 2. The van der Waals surface area contributed by atoms with E-state index < -0.39 is 0 Å². The lowest BCUT2D eigenvalue weighted by atomic mass is 10.1. The Morgan fingerprint density at radius 3 is 2.27 bits per heavy atom. The van der Waals surface area contributed by atoms with Gasteiger partial charge in [0.1, 0.15) is 0 Å². The fourth-order valence-corrected chi connectivity index (χ4v) is 3.14. The molecule has 1 fully saturated rings. The highest BCUT2D eigenvalue weighted by Gasteiger charge is 2.21. The number of benzene rings is 2. The summed E-state index contributed by atoms with van der Waals surface area (Å²) < 4.78 is 0. The summed E-state index contributed by atoms with van der Waals surface area (Å²) in [6.07, 6.45) is 0. The summed E-state index contributed by atoms with van der Waals surface area (Å²) in [5.74, 6) is -0.234. The SMILES string of the molecule is Cc1ccccc1CN1CCN(C(=O)CNC(=O)c2ccccc2)CC1. The Morgan fingerprint density at radius 2 is 1.58 bits per heavy atom. The molecule has 0 aromatic heterocycles. The van der Waals surface area contributed by atoms with Crippen molar-refractivity contribution in [3.8, 4) is 0 Å².